The number of halogens is 1. The highest BCUT2D eigenvalue weighted by molar-refractivity contribution is 5.85. The number of pyridine rings is 1. The summed E-state index contributed by atoms with van der Waals surface area (Å²) < 4.78 is 5.45. The minimum atomic E-state index is -0.905. The molecule has 5 nitrogen and oxygen atoms in total. The molecule has 1 aliphatic rings. The molecule has 1 atom stereocenters. The molecule has 1 aromatic rings. The zero-order valence-corrected chi connectivity index (χ0v) is 10.8. The molecule has 0 unspecified atom stereocenters. The lowest BCUT2D eigenvalue weighted by molar-refractivity contribution is 0.0671. The van der Waals surface area contributed by atoms with E-state index in [0.29, 0.717) is 13.1 Å². The van der Waals surface area contributed by atoms with Gasteiger partial charge in [0.1, 0.15) is 0 Å². The van der Waals surface area contributed by atoms with Crippen molar-refractivity contribution in [3.8, 4) is 0 Å². The number of rotatable bonds is 4. The van der Waals surface area contributed by atoms with E-state index in [1.807, 2.05) is 12.1 Å². The minimum Gasteiger partial charge on any atom is -0.465 e. The highest BCUT2D eigenvalue weighted by Gasteiger charge is 2.22. The quantitative estimate of drug-likeness (QED) is 0.912. The number of ether oxygens (including phenoxy) is 1. The maximum atomic E-state index is 11.1. The molecule has 2 rings (SSSR count). The fourth-order valence-electron chi connectivity index (χ4n) is 1.95. The maximum absolute atomic E-state index is 11.1. The summed E-state index contributed by atoms with van der Waals surface area (Å²) in [6.45, 7) is 1.57. The molecular weight excluding hydrogens is 256 g/mol. The molecule has 1 fully saturated rings. The number of aromatic nitrogens is 1. The van der Waals surface area contributed by atoms with Gasteiger partial charge in [0, 0.05) is 25.5 Å². The van der Waals surface area contributed by atoms with Crippen LogP contribution in [-0.4, -0.2) is 40.3 Å². The van der Waals surface area contributed by atoms with Gasteiger partial charge < -0.3 is 14.7 Å². The van der Waals surface area contributed by atoms with Crippen LogP contribution in [0.3, 0.4) is 0 Å². The van der Waals surface area contributed by atoms with E-state index in [9.17, 15) is 4.79 Å². The summed E-state index contributed by atoms with van der Waals surface area (Å²) in [5, 5.41) is 9.15. The van der Waals surface area contributed by atoms with Gasteiger partial charge in [0.2, 0.25) is 0 Å². The van der Waals surface area contributed by atoms with Gasteiger partial charge in [0.05, 0.1) is 12.6 Å². The zero-order valence-electron chi connectivity index (χ0n) is 9.99. The van der Waals surface area contributed by atoms with Gasteiger partial charge in [-0.1, -0.05) is 0 Å². The Morgan fingerprint density at radius 2 is 2.22 bits per heavy atom. The molecule has 1 amide bonds. The van der Waals surface area contributed by atoms with Crippen molar-refractivity contribution in [2.75, 3.05) is 13.2 Å². The van der Waals surface area contributed by atoms with Crippen LogP contribution >= 0.6 is 12.4 Å². The van der Waals surface area contributed by atoms with Gasteiger partial charge in [-0.25, -0.2) is 4.79 Å². The van der Waals surface area contributed by atoms with Crippen molar-refractivity contribution < 1.29 is 14.6 Å². The molecule has 0 saturated carbocycles. The molecule has 1 saturated heterocycles. The summed E-state index contributed by atoms with van der Waals surface area (Å²) >= 11 is 0. The second kappa shape index (κ2) is 7.18. The van der Waals surface area contributed by atoms with Crippen LogP contribution in [0, 0.1) is 0 Å². The number of hydrogen-bond donors (Lipinski definition) is 1. The van der Waals surface area contributed by atoms with E-state index in [2.05, 4.69) is 4.98 Å². The fourth-order valence-corrected chi connectivity index (χ4v) is 1.95. The van der Waals surface area contributed by atoms with E-state index >= 15 is 0 Å². The molecule has 100 valence electrons. The third-order valence-corrected chi connectivity index (χ3v) is 2.84. The van der Waals surface area contributed by atoms with Gasteiger partial charge in [-0.3, -0.25) is 4.98 Å². The van der Waals surface area contributed by atoms with Crippen molar-refractivity contribution >= 4 is 18.5 Å². The lowest BCUT2D eigenvalue weighted by Crippen LogP contribution is -2.35. The third kappa shape index (κ3) is 4.16. The van der Waals surface area contributed by atoms with Crippen molar-refractivity contribution in [3.05, 3.63) is 30.1 Å². The first-order chi connectivity index (χ1) is 8.25. The third-order valence-electron chi connectivity index (χ3n) is 2.84. The van der Waals surface area contributed by atoms with Crippen LogP contribution in [0.25, 0.3) is 0 Å². The largest absolute Gasteiger partial charge is 0.465 e. The highest BCUT2D eigenvalue weighted by Crippen LogP contribution is 2.15. The number of hydrogen-bond acceptors (Lipinski definition) is 3. The van der Waals surface area contributed by atoms with Gasteiger partial charge in [-0.05, 0) is 30.5 Å². The summed E-state index contributed by atoms with van der Waals surface area (Å²) in [6.07, 6.45) is 4.45. The van der Waals surface area contributed by atoms with Crippen molar-refractivity contribution in [1.29, 1.82) is 0 Å². The van der Waals surface area contributed by atoms with E-state index < -0.39 is 6.09 Å². The van der Waals surface area contributed by atoms with Crippen LogP contribution in [0.4, 0.5) is 4.79 Å². The standard InChI is InChI=1S/C12H16N2O3.ClH/c15-12(16)14(9-11-2-1-7-17-11)8-10-3-5-13-6-4-10;/h3-6,11H,1-2,7-9H2,(H,15,16);1H/t11-;/m0./s1. The Labute approximate surface area is 112 Å². The van der Waals surface area contributed by atoms with Gasteiger partial charge >= 0.3 is 6.09 Å². The molecule has 0 bridgehead atoms. The molecule has 6 heteroatoms. The Balaban J connectivity index is 0.00000162. The predicted octanol–water partition coefficient (Wildman–Crippen LogP) is 2.16. The van der Waals surface area contributed by atoms with Crippen LogP contribution < -0.4 is 0 Å². The first-order valence-corrected chi connectivity index (χ1v) is 5.74. The van der Waals surface area contributed by atoms with Crippen LogP contribution in [0.1, 0.15) is 18.4 Å². The van der Waals surface area contributed by atoms with E-state index in [1.54, 1.807) is 12.4 Å². The first-order valence-electron chi connectivity index (χ1n) is 5.74. The summed E-state index contributed by atoms with van der Waals surface area (Å²) in [5.74, 6) is 0. The normalized spacial score (nSPS) is 18.1. The number of amides is 1. The van der Waals surface area contributed by atoms with Gasteiger partial charge in [-0.15, -0.1) is 12.4 Å². The first kappa shape index (κ1) is 14.7. The Kier molecular flexibility index (Phi) is 5.88. The SMILES string of the molecule is Cl.O=C(O)N(Cc1ccncc1)C[C@@H]1CCCO1. The summed E-state index contributed by atoms with van der Waals surface area (Å²) in [7, 11) is 0. The molecular formula is C12H17ClN2O3. The second-order valence-electron chi connectivity index (χ2n) is 4.15. The molecule has 0 aromatic carbocycles. The minimum absolute atomic E-state index is 0. The topological polar surface area (TPSA) is 62.7 Å². The molecule has 1 aromatic heterocycles. The van der Waals surface area contributed by atoms with Crippen LogP contribution in [0.15, 0.2) is 24.5 Å². The average molecular weight is 273 g/mol. The number of nitrogens with zero attached hydrogens (tertiary/aromatic N) is 2. The van der Waals surface area contributed by atoms with Crippen molar-refractivity contribution in [3.63, 3.8) is 0 Å². The molecule has 18 heavy (non-hydrogen) atoms. The second-order valence-corrected chi connectivity index (χ2v) is 4.15. The Morgan fingerprint density at radius 1 is 1.50 bits per heavy atom. The predicted molar refractivity (Wildman–Crippen MR) is 68.9 cm³/mol. The zero-order chi connectivity index (χ0) is 12.1. The Morgan fingerprint density at radius 3 is 2.78 bits per heavy atom. The molecule has 1 aliphatic heterocycles. The monoisotopic (exact) mass is 272 g/mol. The van der Waals surface area contributed by atoms with Crippen LogP contribution in [-0.2, 0) is 11.3 Å². The lowest BCUT2D eigenvalue weighted by atomic mass is 10.2. The molecule has 0 radical (unpaired) electrons. The molecule has 1 N–H and O–H groups in total. The van der Waals surface area contributed by atoms with Crippen LogP contribution in [0.2, 0.25) is 0 Å². The van der Waals surface area contributed by atoms with Gasteiger partial charge in [0.25, 0.3) is 0 Å². The number of carboxylic acid groups (broad SMARTS) is 1. The van der Waals surface area contributed by atoms with Gasteiger partial charge in [0.15, 0.2) is 0 Å². The van der Waals surface area contributed by atoms with E-state index in [0.717, 1.165) is 25.0 Å². The van der Waals surface area contributed by atoms with E-state index in [1.165, 1.54) is 4.90 Å². The fraction of sp³-hybridized carbons (Fsp3) is 0.500. The molecule has 0 spiro atoms. The summed E-state index contributed by atoms with van der Waals surface area (Å²) in [4.78, 5) is 16.5. The van der Waals surface area contributed by atoms with Gasteiger partial charge in [-0.2, -0.15) is 0 Å². The maximum Gasteiger partial charge on any atom is 0.407 e. The molecule has 2 heterocycles. The van der Waals surface area contributed by atoms with E-state index in [4.69, 9.17) is 9.84 Å². The van der Waals surface area contributed by atoms with E-state index in [-0.39, 0.29) is 18.5 Å². The van der Waals surface area contributed by atoms with Crippen molar-refractivity contribution in [2.45, 2.75) is 25.5 Å². The summed E-state index contributed by atoms with van der Waals surface area (Å²) in [6, 6.07) is 3.65. The van der Waals surface area contributed by atoms with Crippen LogP contribution in [0.5, 0.6) is 0 Å². The average Bonchev–Trinajstić information content (AvgIpc) is 2.82. The van der Waals surface area contributed by atoms with Crippen molar-refractivity contribution in [2.24, 2.45) is 0 Å². The lowest BCUT2D eigenvalue weighted by Gasteiger charge is -2.22. The highest BCUT2D eigenvalue weighted by atomic mass is 35.5. The summed E-state index contributed by atoms with van der Waals surface area (Å²) in [5.41, 5.74) is 0.945. The number of carbonyl (C=O) groups is 1. The molecule has 0 aliphatic carbocycles. The smallest absolute Gasteiger partial charge is 0.407 e. The Hall–Kier alpha value is -1.33. The van der Waals surface area contributed by atoms with Crippen molar-refractivity contribution in [1.82, 2.24) is 9.88 Å². The Bertz CT molecular complexity index is 369.